The summed E-state index contributed by atoms with van der Waals surface area (Å²) in [4.78, 5) is 0.129. The van der Waals surface area contributed by atoms with E-state index in [-0.39, 0.29) is 4.90 Å². The summed E-state index contributed by atoms with van der Waals surface area (Å²) in [5.41, 5.74) is 3.80. The maximum Gasteiger partial charge on any atom is 0.261 e. The van der Waals surface area contributed by atoms with Crippen LogP contribution in [-0.2, 0) is 9.05 Å². The third kappa shape index (κ3) is 2.71. The molecule has 0 saturated heterocycles. The first kappa shape index (κ1) is 15.9. The fraction of sp³-hybridized carbons (Fsp3) is 0.176. The smallest absolute Gasteiger partial charge is 0.261 e. The summed E-state index contributed by atoms with van der Waals surface area (Å²) in [6, 6.07) is 10.9. The molecule has 0 spiro atoms. The van der Waals surface area contributed by atoms with E-state index in [2.05, 4.69) is 0 Å². The van der Waals surface area contributed by atoms with Gasteiger partial charge in [0.25, 0.3) is 9.05 Å². The van der Waals surface area contributed by atoms with E-state index in [1.54, 1.807) is 25.3 Å². The molecule has 1 aromatic heterocycles. The molecule has 0 saturated carbocycles. The van der Waals surface area contributed by atoms with Crippen molar-refractivity contribution < 1.29 is 13.2 Å². The third-order valence-electron chi connectivity index (χ3n) is 3.94. The van der Waals surface area contributed by atoms with Gasteiger partial charge in [-0.15, -0.1) is 0 Å². The molecular formula is C17H16ClNO3S. The van der Waals surface area contributed by atoms with E-state index < -0.39 is 9.05 Å². The van der Waals surface area contributed by atoms with Crippen molar-refractivity contribution in [2.45, 2.75) is 18.7 Å². The maximum absolute atomic E-state index is 11.8. The molecule has 6 heteroatoms. The molecular weight excluding hydrogens is 334 g/mol. The quantitative estimate of drug-likeness (QED) is 0.666. The SMILES string of the molecule is COc1ccc(-n2ccc3c(S(=O)(=O)Cl)ccc(C)c32)c(C)c1. The van der Waals surface area contributed by atoms with Gasteiger partial charge in [0.2, 0.25) is 0 Å². The van der Waals surface area contributed by atoms with Gasteiger partial charge in [0.15, 0.2) is 0 Å². The van der Waals surface area contributed by atoms with Crippen molar-refractivity contribution in [3.63, 3.8) is 0 Å². The number of fused-ring (bicyclic) bond motifs is 1. The molecule has 0 unspecified atom stereocenters. The van der Waals surface area contributed by atoms with Crippen LogP contribution < -0.4 is 4.74 Å². The Kier molecular flexibility index (Phi) is 3.86. The van der Waals surface area contributed by atoms with Gasteiger partial charge in [0.05, 0.1) is 17.5 Å². The molecule has 23 heavy (non-hydrogen) atoms. The van der Waals surface area contributed by atoms with Crippen LogP contribution in [0.5, 0.6) is 5.75 Å². The predicted molar refractivity (Wildman–Crippen MR) is 92.3 cm³/mol. The maximum atomic E-state index is 11.8. The van der Waals surface area contributed by atoms with Crippen LogP contribution in [0.4, 0.5) is 0 Å². The molecule has 0 bridgehead atoms. The van der Waals surface area contributed by atoms with Crippen molar-refractivity contribution in [3.05, 3.63) is 53.7 Å². The molecule has 0 aliphatic rings. The van der Waals surface area contributed by atoms with Crippen LogP contribution in [0.3, 0.4) is 0 Å². The van der Waals surface area contributed by atoms with Gasteiger partial charge < -0.3 is 9.30 Å². The van der Waals surface area contributed by atoms with E-state index in [0.717, 1.165) is 28.1 Å². The molecule has 4 nitrogen and oxygen atoms in total. The van der Waals surface area contributed by atoms with Crippen molar-refractivity contribution in [1.82, 2.24) is 4.57 Å². The summed E-state index contributed by atoms with van der Waals surface area (Å²) in [5, 5.41) is 0.621. The summed E-state index contributed by atoms with van der Waals surface area (Å²) >= 11 is 0. The zero-order valence-electron chi connectivity index (χ0n) is 13.0. The number of methoxy groups -OCH3 is 1. The van der Waals surface area contributed by atoms with Crippen LogP contribution in [0.25, 0.3) is 16.6 Å². The lowest BCUT2D eigenvalue weighted by molar-refractivity contribution is 0.414. The monoisotopic (exact) mass is 349 g/mol. The highest BCUT2D eigenvalue weighted by atomic mass is 35.7. The number of halogens is 1. The molecule has 0 radical (unpaired) electrons. The molecule has 0 aliphatic heterocycles. The van der Waals surface area contributed by atoms with Crippen molar-refractivity contribution in [3.8, 4) is 11.4 Å². The van der Waals surface area contributed by atoms with Gasteiger partial charge in [0.1, 0.15) is 5.75 Å². The van der Waals surface area contributed by atoms with Gasteiger partial charge in [-0.2, -0.15) is 0 Å². The van der Waals surface area contributed by atoms with Gasteiger partial charge in [-0.3, -0.25) is 0 Å². The van der Waals surface area contributed by atoms with Crippen molar-refractivity contribution in [1.29, 1.82) is 0 Å². The lowest BCUT2D eigenvalue weighted by Gasteiger charge is -2.12. The van der Waals surface area contributed by atoms with Gasteiger partial charge in [-0.05, 0) is 55.3 Å². The highest BCUT2D eigenvalue weighted by Crippen LogP contribution is 2.32. The minimum Gasteiger partial charge on any atom is -0.497 e. The van der Waals surface area contributed by atoms with Crippen molar-refractivity contribution >= 4 is 30.6 Å². The normalized spacial score (nSPS) is 11.8. The van der Waals surface area contributed by atoms with E-state index in [9.17, 15) is 8.42 Å². The first-order valence-electron chi connectivity index (χ1n) is 7.03. The second-order valence-electron chi connectivity index (χ2n) is 5.42. The highest BCUT2D eigenvalue weighted by Gasteiger charge is 2.18. The Morgan fingerprint density at radius 1 is 1.04 bits per heavy atom. The van der Waals surface area contributed by atoms with Gasteiger partial charge in [-0.25, -0.2) is 8.42 Å². The number of ether oxygens (including phenoxy) is 1. The highest BCUT2D eigenvalue weighted by molar-refractivity contribution is 8.14. The summed E-state index contributed by atoms with van der Waals surface area (Å²) in [5.74, 6) is 0.781. The minimum absolute atomic E-state index is 0.129. The molecule has 3 aromatic rings. The largest absolute Gasteiger partial charge is 0.497 e. The minimum atomic E-state index is -3.80. The van der Waals surface area contributed by atoms with E-state index >= 15 is 0 Å². The van der Waals surface area contributed by atoms with Gasteiger partial charge >= 0.3 is 0 Å². The fourth-order valence-electron chi connectivity index (χ4n) is 2.84. The lowest BCUT2D eigenvalue weighted by Crippen LogP contribution is -1.99. The number of hydrogen-bond donors (Lipinski definition) is 0. The molecule has 120 valence electrons. The molecule has 0 amide bonds. The van der Waals surface area contributed by atoms with E-state index in [1.165, 1.54) is 0 Å². The summed E-state index contributed by atoms with van der Waals surface area (Å²) in [6.45, 7) is 3.93. The zero-order chi connectivity index (χ0) is 16.8. The van der Waals surface area contributed by atoms with Crippen molar-refractivity contribution in [2.75, 3.05) is 7.11 Å². The second-order valence-corrected chi connectivity index (χ2v) is 7.95. The number of aromatic nitrogens is 1. The molecule has 0 aliphatic carbocycles. The number of benzene rings is 2. The topological polar surface area (TPSA) is 48.3 Å². The molecule has 0 fully saturated rings. The Balaban J connectivity index is 2.33. The molecule has 2 aromatic carbocycles. The standard InChI is InChI=1S/C17H16ClNO3S/c1-11-4-7-16(23(18,20)21)14-8-9-19(17(11)14)15-6-5-13(22-3)10-12(15)2/h4-10H,1-3H3. The first-order valence-corrected chi connectivity index (χ1v) is 9.34. The van der Waals surface area contributed by atoms with Gasteiger partial charge in [-0.1, -0.05) is 6.07 Å². The lowest BCUT2D eigenvalue weighted by atomic mass is 10.1. The number of aryl methyl sites for hydroxylation is 2. The van der Waals surface area contributed by atoms with Crippen LogP contribution in [0.1, 0.15) is 11.1 Å². The Morgan fingerprint density at radius 3 is 2.39 bits per heavy atom. The number of nitrogens with zero attached hydrogens (tertiary/aromatic N) is 1. The average molecular weight is 350 g/mol. The van der Waals surface area contributed by atoms with Crippen molar-refractivity contribution in [2.24, 2.45) is 0 Å². The fourth-order valence-corrected chi connectivity index (χ4v) is 3.90. The molecule has 1 heterocycles. The average Bonchev–Trinajstić information content (AvgIpc) is 2.91. The van der Waals surface area contributed by atoms with E-state index in [0.29, 0.717) is 5.39 Å². The zero-order valence-corrected chi connectivity index (χ0v) is 14.6. The van der Waals surface area contributed by atoms with Crippen LogP contribution >= 0.6 is 10.7 Å². The third-order valence-corrected chi connectivity index (χ3v) is 5.32. The number of hydrogen-bond acceptors (Lipinski definition) is 3. The van der Waals surface area contributed by atoms with Gasteiger partial charge in [0, 0.05) is 28.0 Å². The van der Waals surface area contributed by atoms with E-state index in [4.69, 9.17) is 15.4 Å². The predicted octanol–water partition coefficient (Wildman–Crippen LogP) is 4.18. The van der Waals surface area contributed by atoms with Crippen LogP contribution in [0, 0.1) is 13.8 Å². The van der Waals surface area contributed by atoms with Crippen LogP contribution in [-0.4, -0.2) is 20.1 Å². The second kappa shape index (κ2) is 5.58. The molecule has 0 atom stereocenters. The number of rotatable bonds is 3. The summed E-state index contributed by atoms with van der Waals surface area (Å²) < 4.78 is 30.8. The van der Waals surface area contributed by atoms with E-state index in [1.807, 2.05) is 42.8 Å². The van der Waals surface area contributed by atoms with Crippen LogP contribution in [0.15, 0.2) is 47.5 Å². The Labute approximate surface area is 139 Å². The molecule has 3 rings (SSSR count). The Bertz CT molecular complexity index is 1010. The Hall–Kier alpha value is -1.98. The first-order chi connectivity index (χ1) is 10.8. The summed E-state index contributed by atoms with van der Waals surface area (Å²) in [7, 11) is 3.39. The Morgan fingerprint density at radius 2 is 1.78 bits per heavy atom. The summed E-state index contributed by atoms with van der Waals surface area (Å²) in [6.07, 6.45) is 1.86. The van der Waals surface area contributed by atoms with Crippen LogP contribution in [0.2, 0.25) is 0 Å². The molecule has 0 N–H and O–H groups in total.